The fourth-order valence-corrected chi connectivity index (χ4v) is 2.23. The van der Waals surface area contributed by atoms with Gasteiger partial charge in [0.15, 0.2) is 0 Å². The SMILES string of the molecule is CN(C)c1ccc(CNc2cccc3cn[nH]c23)cc1. The number of fused-ring (bicyclic) bond motifs is 1. The Bertz CT molecular complexity index is 698. The van der Waals surface area contributed by atoms with Crippen molar-refractivity contribution in [3.8, 4) is 0 Å². The number of hydrogen-bond donors (Lipinski definition) is 2. The number of hydrogen-bond acceptors (Lipinski definition) is 3. The van der Waals surface area contributed by atoms with E-state index < -0.39 is 0 Å². The van der Waals surface area contributed by atoms with E-state index in [0.29, 0.717) is 0 Å². The average Bonchev–Trinajstić information content (AvgIpc) is 2.94. The van der Waals surface area contributed by atoms with Crippen molar-refractivity contribution in [2.24, 2.45) is 0 Å². The molecule has 0 saturated heterocycles. The van der Waals surface area contributed by atoms with Crippen LogP contribution in [0.15, 0.2) is 48.7 Å². The number of aromatic nitrogens is 2. The first kappa shape index (κ1) is 12.5. The maximum absolute atomic E-state index is 4.08. The fourth-order valence-electron chi connectivity index (χ4n) is 2.23. The lowest BCUT2D eigenvalue weighted by Crippen LogP contribution is -2.08. The molecule has 0 saturated carbocycles. The quantitative estimate of drug-likeness (QED) is 0.762. The minimum Gasteiger partial charge on any atom is -0.379 e. The van der Waals surface area contributed by atoms with Gasteiger partial charge < -0.3 is 10.2 Å². The third-order valence-electron chi connectivity index (χ3n) is 3.41. The number of para-hydroxylation sites is 1. The van der Waals surface area contributed by atoms with Crippen molar-refractivity contribution in [2.45, 2.75) is 6.54 Å². The number of nitrogens with one attached hydrogen (secondary N) is 2. The fraction of sp³-hybridized carbons (Fsp3) is 0.188. The highest BCUT2D eigenvalue weighted by atomic mass is 15.1. The summed E-state index contributed by atoms with van der Waals surface area (Å²) in [6.45, 7) is 0.797. The van der Waals surface area contributed by atoms with Crippen molar-refractivity contribution in [2.75, 3.05) is 24.3 Å². The smallest absolute Gasteiger partial charge is 0.0881 e. The Morgan fingerprint density at radius 3 is 2.65 bits per heavy atom. The standard InChI is InChI=1S/C16H18N4/c1-20(2)14-8-6-12(7-9-14)10-17-15-5-3-4-13-11-18-19-16(13)15/h3-9,11,17H,10H2,1-2H3,(H,18,19). The predicted octanol–water partition coefficient (Wildman–Crippen LogP) is 3.24. The Hall–Kier alpha value is -2.49. The van der Waals surface area contributed by atoms with Crippen LogP contribution in [0.5, 0.6) is 0 Å². The number of rotatable bonds is 4. The van der Waals surface area contributed by atoms with Gasteiger partial charge in [0, 0.05) is 31.7 Å². The number of anilines is 2. The lowest BCUT2D eigenvalue weighted by Gasteiger charge is -2.13. The Morgan fingerprint density at radius 1 is 1.10 bits per heavy atom. The lowest BCUT2D eigenvalue weighted by atomic mass is 10.2. The first-order chi connectivity index (χ1) is 9.74. The zero-order valence-corrected chi connectivity index (χ0v) is 11.7. The highest BCUT2D eigenvalue weighted by Gasteiger charge is 2.02. The van der Waals surface area contributed by atoms with Gasteiger partial charge in [0.2, 0.25) is 0 Å². The molecule has 1 heterocycles. The topological polar surface area (TPSA) is 44.0 Å². The molecule has 0 aliphatic rings. The van der Waals surface area contributed by atoms with Gasteiger partial charge in [-0.15, -0.1) is 0 Å². The van der Waals surface area contributed by atoms with Gasteiger partial charge in [-0.3, -0.25) is 5.10 Å². The lowest BCUT2D eigenvalue weighted by molar-refractivity contribution is 1.10. The van der Waals surface area contributed by atoms with Gasteiger partial charge in [0.1, 0.15) is 0 Å². The Labute approximate surface area is 118 Å². The van der Waals surface area contributed by atoms with Gasteiger partial charge in [-0.1, -0.05) is 24.3 Å². The van der Waals surface area contributed by atoms with Crippen molar-refractivity contribution in [1.82, 2.24) is 10.2 Å². The summed E-state index contributed by atoms with van der Waals surface area (Å²) in [5.41, 5.74) is 4.60. The summed E-state index contributed by atoms with van der Waals surface area (Å²) < 4.78 is 0. The molecule has 3 rings (SSSR count). The number of benzene rings is 2. The van der Waals surface area contributed by atoms with E-state index in [-0.39, 0.29) is 0 Å². The molecule has 0 amide bonds. The monoisotopic (exact) mass is 266 g/mol. The molecule has 4 heteroatoms. The van der Waals surface area contributed by atoms with E-state index >= 15 is 0 Å². The summed E-state index contributed by atoms with van der Waals surface area (Å²) in [6.07, 6.45) is 1.84. The minimum absolute atomic E-state index is 0.797. The second kappa shape index (κ2) is 5.25. The van der Waals surface area contributed by atoms with Crippen LogP contribution in [0.3, 0.4) is 0 Å². The van der Waals surface area contributed by atoms with E-state index in [2.05, 4.69) is 56.8 Å². The largest absolute Gasteiger partial charge is 0.379 e. The molecule has 0 radical (unpaired) electrons. The van der Waals surface area contributed by atoms with Gasteiger partial charge >= 0.3 is 0 Å². The van der Waals surface area contributed by atoms with Gasteiger partial charge in [0.05, 0.1) is 17.4 Å². The molecular weight excluding hydrogens is 248 g/mol. The van der Waals surface area contributed by atoms with Crippen LogP contribution in [-0.2, 0) is 6.54 Å². The third-order valence-corrected chi connectivity index (χ3v) is 3.41. The summed E-state index contributed by atoms with van der Waals surface area (Å²) in [5.74, 6) is 0. The van der Waals surface area contributed by atoms with E-state index in [1.165, 1.54) is 11.3 Å². The molecular formula is C16H18N4. The zero-order valence-electron chi connectivity index (χ0n) is 11.7. The van der Waals surface area contributed by atoms with Gasteiger partial charge in [-0.05, 0) is 23.8 Å². The first-order valence-electron chi connectivity index (χ1n) is 6.66. The maximum atomic E-state index is 4.08. The van der Waals surface area contributed by atoms with Crippen LogP contribution >= 0.6 is 0 Å². The van der Waals surface area contributed by atoms with Crippen molar-refractivity contribution >= 4 is 22.3 Å². The Kier molecular flexibility index (Phi) is 3.29. The number of nitrogens with zero attached hydrogens (tertiary/aromatic N) is 2. The molecule has 2 aromatic carbocycles. The summed E-state index contributed by atoms with van der Waals surface area (Å²) >= 11 is 0. The summed E-state index contributed by atoms with van der Waals surface area (Å²) in [5, 5.41) is 11.7. The number of aromatic amines is 1. The molecule has 0 atom stereocenters. The highest BCUT2D eigenvalue weighted by molar-refractivity contribution is 5.89. The van der Waals surface area contributed by atoms with Gasteiger partial charge in [-0.25, -0.2) is 0 Å². The van der Waals surface area contributed by atoms with Crippen LogP contribution in [0.25, 0.3) is 10.9 Å². The van der Waals surface area contributed by atoms with E-state index in [1.807, 2.05) is 26.4 Å². The summed E-state index contributed by atoms with van der Waals surface area (Å²) in [6, 6.07) is 14.7. The van der Waals surface area contributed by atoms with Crippen molar-refractivity contribution < 1.29 is 0 Å². The minimum atomic E-state index is 0.797. The molecule has 3 aromatic rings. The van der Waals surface area contributed by atoms with Crippen LogP contribution in [0.1, 0.15) is 5.56 Å². The molecule has 0 fully saturated rings. The average molecular weight is 266 g/mol. The van der Waals surface area contributed by atoms with E-state index in [4.69, 9.17) is 0 Å². The van der Waals surface area contributed by atoms with Crippen molar-refractivity contribution in [3.05, 3.63) is 54.2 Å². The Morgan fingerprint density at radius 2 is 1.90 bits per heavy atom. The number of H-pyrrole nitrogens is 1. The third kappa shape index (κ3) is 2.45. The van der Waals surface area contributed by atoms with E-state index in [1.54, 1.807) is 0 Å². The van der Waals surface area contributed by atoms with Crippen LogP contribution < -0.4 is 10.2 Å². The Balaban J connectivity index is 1.74. The molecule has 2 N–H and O–H groups in total. The highest BCUT2D eigenvalue weighted by Crippen LogP contribution is 2.21. The second-order valence-electron chi connectivity index (χ2n) is 5.05. The van der Waals surface area contributed by atoms with Crippen LogP contribution in [0, 0.1) is 0 Å². The maximum Gasteiger partial charge on any atom is 0.0881 e. The van der Waals surface area contributed by atoms with Crippen LogP contribution in [0.2, 0.25) is 0 Å². The van der Waals surface area contributed by atoms with E-state index in [9.17, 15) is 0 Å². The predicted molar refractivity (Wildman–Crippen MR) is 84.2 cm³/mol. The molecule has 0 bridgehead atoms. The molecule has 0 unspecified atom stereocenters. The van der Waals surface area contributed by atoms with Crippen LogP contribution in [-0.4, -0.2) is 24.3 Å². The van der Waals surface area contributed by atoms with E-state index in [0.717, 1.165) is 23.1 Å². The van der Waals surface area contributed by atoms with Crippen molar-refractivity contribution in [1.29, 1.82) is 0 Å². The first-order valence-corrected chi connectivity index (χ1v) is 6.66. The van der Waals surface area contributed by atoms with Gasteiger partial charge in [-0.2, -0.15) is 5.10 Å². The molecule has 102 valence electrons. The molecule has 20 heavy (non-hydrogen) atoms. The summed E-state index contributed by atoms with van der Waals surface area (Å²) in [4.78, 5) is 2.10. The van der Waals surface area contributed by atoms with Gasteiger partial charge in [0.25, 0.3) is 0 Å². The summed E-state index contributed by atoms with van der Waals surface area (Å²) in [7, 11) is 4.10. The molecule has 4 nitrogen and oxygen atoms in total. The van der Waals surface area contributed by atoms with Crippen molar-refractivity contribution in [3.63, 3.8) is 0 Å². The molecule has 0 aliphatic carbocycles. The molecule has 0 spiro atoms. The normalized spacial score (nSPS) is 10.7. The second-order valence-corrected chi connectivity index (χ2v) is 5.05. The molecule has 0 aliphatic heterocycles. The molecule has 1 aromatic heterocycles. The van der Waals surface area contributed by atoms with Crippen LogP contribution in [0.4, 0.5) is 11.4 Å². The zero-order chi connectivity index (χ0) is 13.9.